The molecule has 3 rings (SSSR count). The average Bonchev–Trinajstić information content (AvgIpc) is 3.25. The topological polar surface area (TPSA) is 92.8 Å². The van der Waals surface area contributed by atoms with Crippen LogP contribution in [-0.4, -0.2) is 43.8 Å². The molecule has 1 heterocycles. The Bertz CT molecular complexity index is 1050. The van der Waals surface area contributed by atoms with Gasteiger partial charge in [0.1, 0.15) is 4.90 Å². The third-order valence-electron chi connectivity index (χ3n) is 4.61. The van der Waals surface area contributed by atoms with Crippen molar-refractivity contribution in [1.82, 2.24) is 4.31 Å². The molecule has 0 aliphatic carbocycles. The van der Waals surface area contributed by atoms with Crippen LogP contribution in [0.4, 0.5) is 5.69 Å². The molecule has 0 spiro atoms. The van der Waals surface area contributed by atoms with E-state index in [0.717, 1.165) is 12.8 Å². The van der Waals surface area contributed by atoms with E-state index in [2.05, 4.69) is 5.32 Å². The highest BCUT2D eigenvalue weighted by Crippen LogP contribution is 2.28. The zero-order valence-electron chi connectivity index (χ0n) is 16.1. The van der Waals surface area contributed by atoms with E-state index in [-0.39, 0.29) is 15.5 Å². The number of sulfonamides is 1. The SMILES string of the molecule is CC(OC(=O)c1ccc(Cl)c(S(=O)(=O)N2CCCC2)c1)C(=O)Nc1ccc(Cl)cc1. The first-order valence-electron chi connectivity index (χ1n) is 9.25. The maximum atomic E-state index is 12.8. The number of nitrogens with zero attached hydrogens (tertiary/aromatic N) is 1. The number of nitrogens with one attached hydrogen (secondary N) is 1. The fraction of sp³-hybridized carbons (Fsp3) is 0.300. The molecule has 1 unspecified atom stereocenters. The molecule has 0 saturated carbocycles. The lowest BCUT2D eigenvalue weighted by Crippen LogP contribution is -2.30. The van der Waals surface area contributed by atoms with E-state index in [9.17, 15) is 18.0 Å². The monoisotopic (exact) mass is 470 g/mol. The lowest BCUT2D eigenvalue weighted by Gasteiger charge is -2.17. The van der Waals surface area contributed by atoms with Gasteiger partial charge in [0.15, 0.2) is 6.10 Å². The van der Waals surface area contributed by atoms with E-state index in [1.165, 1.54) is 29.4 Å². The van der Waals surface area contributed by atoms with Crippen LogP contribution in [0.2, 0.25) is 10.0 Å². The van der Waals surface area contributed by atoms with Gasteiger partial charge < -0.3 is 10.1 Å². The molecule has 0 bridgehead atoms. The molecule has 1 saturated heterocycles. The summed E-state index contributed by atoms with van der Waals surface area (Å²) < 4.78 is 32.1. The summed E-state index contributed by atoms with van der Waals surface area (Å²) in [5.74, 6) is -1.37. The van der Waals surface area contributed by atoms with Crippen molar-refractivity contribution in [2.75, 3.05) is 18.4 Å². The second kappa shape index (κ2) is 9.34. The number of benzene rings is 2. The van der Waals surface area contributed by atoms with Crippen molar-refractivity contribution in [1.29, 1.82) is 0 Å². The zero-order chi connectivity index (χ0) is 21.9. The third-order valence-corrected chi connectivity index (χ3v) is 7.25. The fourth-order valence-corrected chi connectivity index (χ4v) is 5.10. The third kappa shape index (κ3) is 5.13. The summed E-state index contributed by atoms with van der Waals surface area (Å²) in [5, 5.41) is 3.15. The number of anilines is 1. The predicted octanol–water partition coefficient (Wildman–Crippen LogP) is 3.96. The molecule has 10 heteroatoms. The van der Waals surface area contributed by atoms with Crippen LogP contribution in [-0.2, 0) is 19.6 Å². The van der Waals surface area contributed by atoms with Crippen LogP contribution < -0.4 is 5.32 Å². The fourth-order valence-electron chi connectivity index (χ4n) is 2.95. The first-order valence-corrected chi connectivity index (χ1v) is 11.4. The number of carbonyl (C=O) groups excluding carboxylic acids is 2. The van der Waals surface area contributed by atoms with Gasteiger partial charge in [-0.1, -0.05) is 23.2 Å². The van der Waals surface area contributed by atoms with Crippen molar-refractivity contribution in [3.05, 3.63) is 58.1 Å². The molecule has 160 valence electrons. The Labute approximate surface area is 185 Å². The van der Waals surface area contributed by atoms with E-state index in [1.54, 1.807) is 24.3 Å². The van der Waals surface area contributed by atoms with E-state index in [1.807, 2.05) is 0 Å². The molecule has 1 fully saturated rings. The summed E-state index contributed by atoms with van der Waals surface area (Å²) >= 11 is 11.9. The van der Waals surface area contributed by atoms with Gasteiger partial charge in [0.25, 0.3) is 5.91 Å². The first kappa shape index (κ1) is 22.6. The Hall–Kier alpha value is -2.13. The van der Waals surface area contributed by atoms with Gasteiger partial charge in [-0.3, -0.25) is 4.79 Å². The zero-order valence-corrected chi connectivity index (χ0v) is 18.4. The van der Waals surface area contributed by atoms with Crippen LogP contribution in [0.3, 0.4) is 0 Å². The Kier molecular flexibility index (Phi) is 7.02. The first-order chi connectivity index (χ1) is 14.2. The van der Waals surface area contributed by atoms with Gasteiger partial charge in [0.2, 0.25) is 10.0 Å². The summed E-state index contributed by atoms with van der Waals surface area (Å²) in [4.78, 5) is 24.6. The second-order valence-corrected chi connectivity index (χ2v) is 9.55. The number of carbonyl (C=O) groups is 2. The van der Waals surface area contributed by atoms with Crippen molar-refractivity contribution < 1.29 is 22.7 Å². The smallest absolute Gasteiger partial charge is 0.338 e. The summed E-state index contributed by atoms with van der Waals surface area (Å²) in [6.45, 7) is 2.24. The summed E-state index contributed by atoms with van der Waals surface area (Å²) in [6, 6.07) is 10.3. The Morgan fingerprint density at radius 3 is 2.33 bits per heavy atom. The van der Waals surface area contributed by atoms with Crippen LogP contribution in [0.5, 0.6) is 0 Å². The van der Waals surface area contributed by atoms with Gasteiger partial charge in [-0.15, -0.1) is 0 Å². The molecule has 30 heavy (non-hydrogen) atoms. The number of halogens is 2. The normalized spacial score (nSPS) is 15.6. The van der Waals surface area contributed by atoms with Crippen molar-refractivity contribution in [2.45, 2.75) is 30.8 Å². The number of hydrogen-bond acceptors (Lipinski definition) is 5. The number of ether oxygens (including phenoxy) is 1. The van der Waals surface area contributed by atoms with Gasteiger partial charge in [-0.25, -0.2) is 13.2 Å². The maximum absolute atomic E-state index is 12.8. The van der Waals surface area contributed by atoms with Crippen molar-refractivity contribution in [3.8, 4) is 0 Å². The summed E-state index contributed by atoms with van der Waals surface area (Å²) in [6.07, 6.45) is 0.444. The van der Waals surface area contributed by atoms with E-state index in [0.29, 0.717) is 23.8 Å². The quantitative estimate of drug-likeness (QED) is 0.644. The van der Waals surface area contributed by atoms with Crippen LogP contribution in [0.25, 0.3) is 0 Å². The van der Waals surface area contributed by atoms with Gasteiger partial charge in [0, 0.05) is 23.8 Å². The van der Waals surface area contributed by atoms with Crippen LogP contribution in [0.15, 0.2) is 47.4 Å². The molecular formula is C20H20Cl2N2O5S. The standard InChI is InChI=1S/C20H20Cl2N2O5S/c1-13(19(25)23-16-7-5-15(21)6-8-16)29-20(26)14-4-9-17(22)18(12-14)30(27,28)24-10-2-3-11-24/h4-9,12-13H,2-3,10-11H2,1H3,(H,23,25). The molecule has 0 radical (unpaired) electrons. The van der Waals surface area contributed by atoms with Crippen molar-refractivity contribution >= 4 is 50.8 Å². The summed E-state index contributed by atoms with van der Waals surface area (Å²) in [5.41, 5.74) is 0.487. The van der Waals surface area contributed by atoms with E-state index in [4.69, 9.17) is 27.9 Å². The lowest BCUT2D eigenvalue weighted by molar-refractivity contribution is -0.123. The highest BCUT2D eigenvalue weighted by molar-refractivity contribution is 7.89. The average molecular weight is 471 g/mol. The predicted molar refractivity (Wildman–Crippen MR) is 114 cm³/mol. The van der Waals surface area contributed by atoms with E-state index < -0.39 is 28.0 Å². The number of esters is 1. The Morgan fingerprint density at radius 2 is 1.70 bits per heavy atom. The minimum absolute atomic E-state index is 0.0108. The van der Waals surface area contributed by atoms with Crippen molar-refractivity contribution in [2.24, 2.45) is 0 Å². The maximum Gasteiger partial charge on any atom is 0.338 e. The van der Waals surface area contributed by atoms with Gasteiger partial charge >= 0.3 is 5.97 Å². The Morgan fingerprint density at radius 1 is 1.07 bits per heavy atom. The van der Waals surface area contributed by atoms with Gasteiger partial charge in [-0.05, 0) is 62.2 Å². The molecule has 7 nitrogen and oxygen atoms in total. The molecule has 1 aliphatic heterocycles. The van der Waals surface area contributed by atoms with Crippen LogP contribution in [0.1, 0.15) is 30.1 Å². The van der Waals surface area contributed by atoms with E-state index >= 15 is 0 Å². The molecule has 2 aromatic rings. The van der Waals surface area contributed by atoms with Gasteiger partial charge in [-0.2, -0.15) is 4.31 Å². The molecule has 2 aromatic carbocycles. The highest BCUT2D eigenvalue weighted by atomic mass is 35.5. The number of hydrogen-bond donors (Lipinski definition) is 1. The van der Waals surface area contributed by atoms with Crippen LogP contribution >= 0.6 is 23.2 Å². The molecule has 1 aliphatic rings. The minimum Gasteiger partial charge on any atom is -0.449 e. The van der Waals surface area contributed by atoms with Crippen LogP contribution in [0, 0.1) is 0 Å². The highest BCUT2D eigenvalue weighted by Gasteiger charge is 2.30. The molecule has 0 aromatic heterocycles. The molecule has 1 N–H and O–H groups in total. The largest absolute Gasteiger partial charge is 0.449 e. The van der Waals surface area contributed by atoms with Crippen molar-refractivity contribution in [3.63, 3.8) is 0 Å². The molecular weight excluding hydrogens is 451 g/mol. The molecule has 1 atom stereocenters. The number of amides is 1. The minimum atomic E-state index is -3.81. The Balaban J connectivity index is 1.72. The number of rotatable bonds is 6. The lowest BCUT2D eigenvalue weighted by atomic mass is 10.2. The second-order valence-electron chi connectivity index (χ2n) is 6.80. The van der Waals surface area contributed by atoms with Gasteiger partial charge in [0.05, 0.1) is 10.6 Å². The summed E-state index contributed by atoms with van der Waals surface area (Å²) in [7, 11) is -3.81. The molecule has 1 amide bonds.